The lowest BCUT2D eigenvalue weighted by Crippen LogP contribution is -2.20. The Balaban J connectivity index is 2.13. The lowest BCUT2D eigenvalue weighted by atomic mass is 10.1. The van der Waals surface area contributed by atoms with Crippen LogP contribution in [0.2, 0.25) is 10.0 Å². The number of urea groups is 1. The zero-order valence-corrected chi connectivity index (χ0v) is 14.3. The first-order valence-corrected chi connectivity index (χ1v) is 7.86. The molecule has 0 aliphatic rings. The van der Waals surface area contributed by atoms with Gasteiger partial charge in [-0.3, -0.25) is 0 Å². The summed E-state index contributed by atoms with van der Waals surface area (Å²) in [4.78, 5) is 12.1. The van der Waals surface area contributed by atoms with Crippen LogP contribution in [0, 0.1) is 0 Å². The fourth-order valence-corrected chi connectivity index (χ4v) is 2.59. The van der Waals surface area contributed by atoms with E-state index in [1.807, 2.05) is 25.1 Å². The average molecular weight is 388 g/mol. The molecule has 0 radical (unpaired) electrons. The summed E-state index contributed by atoms with van der Waals surface area (Å²) in [6.45, 7) is 2.03. The van der Waals surface area contributed by atoms with Gasteiger partial charge in [0, 0.05) is 15.2 Å². The van der Waals surface area contributed by atoms with Crippen LogP contribution in [0.3, 0.4) is 0 Å². The molecule has 0 fully saturated rings. The van der Waals surface area contributed by atoms with Crippen LogP contribution in [0.15, 0.2) is 40.9 Å². The highest BCUT2D eigenvalue weighted by atomic mass is 79.9. The molecule has 2 aromatic rings. The topological polar surface area (TPSA) is 41.1 Å². The molecule has 2 N–H and O–H groups in total. The van der Waals surface area contributed by atoms with Gasteiger partial charge in [0.2, 0.25) is 0 Å². The van der Waals surface area contributed by atoms with Gasteiger partial charge in [-0.1, -0.05) is 46.1 Å². The Morgan fingerprint density at radius 3 is 2.52 bits per heavy atom. The molecule has 0 spiro atoms. The molecule has 0 aromatic heterocycles. The third-order valence-corrected chi connectivity index (χ3v) is 3.93. The first-order chi connectivity index (χ1) is 9.99. The first-order valence-electron chi connectivity index (χ1n) is 6.31. The Labute approximate surface area is 141 Å². The zero-order valence-electron chi connectivity index (χ0n) is 11.2. The number of carbonyl (C=O) groups excluding carboxylic acids is 1. The second kappa shape index (κ2) is 7.16. The summed E-state index contributed by atoms with van der Waals surface area (Å²) in [7, 11) is 0. The van der Waals surface area contributed by atoms with Crippen molar-refractivity contribution >= 4 is 56.5 Å². The molecule has 0 unspecified atom stereocenters. The Hall–Kier alpha value is -1.23. The quantitative estimate of drug-likeness (QED) is 0.669. The van der Waals surface area contributed by atoms with Gasteiger partial charge < -0.3 is 10.6 Å². The van der Waals surface area contributed by atoms with Gasteiger partial charge in [-0.05, 0) is 48.4 Å². The lowest BCUT2D eigenvalue weighted by molar-refractivity contribution is 0.262. The zero-order chi connectivity index (χ0) is 15.4. The number of hydrogen-bond donors (Lipinski definition) is 2. The molecule has 110 valence electrons. The maximum atomic E-state index is 12.1. The number of halogens is 3. The van der Waals surface area contributed by atoms with E-state index in [-0.39, 0.29) is 6.03 Å². The molecule has 6 heteroatoms. The average Bonchev–Trinajstić information content (AvgIpc) is 2.44. The van der Waals surface area contributed by atoms with Gasteiger partial charge in [-0.15, -0.1) is 0 Å². The van der Waals surface area contributed by atoms with E-state index in [4.69, 9.17) is 23.2 Å². The highest BCUT2D eigenvalue weighted by molar-refractivity contribution is 9.10. The largest absolute Gasteiger partial charge is 0.323 e. The van der Waals surface area contributed by atoms with Gasteiger partial charge in [0.25, 0.3) is 0 Å². The van der Waals surface area contributed by atoms with Gasteiger partial charge in [0.05, 0.1) is 10.7 Å². The van der Waals surface area contributed by atoms with Crippen molar-refractivity contribution in [1.29, 1.82) is 0 Å². The van der Waals surface area contributed by atoms with Gasteiger partial charge in [0.15, 0.2) is 0 Å². The summed E-state index contributed by atoms with van der Waals surface area (Å²) in [5.41, 5.74) is 2.27. The Morgan fingerprint density at radius 1 is 1.10 bits per heavy atom. The predicted molar refractivity (Wildman–Crippen MR) is 92.6 cm³/mol. The molecule has 2 rings (SSSR count). The molecule has 0 atom stereocenters. The highest BCUT2D eigenvalue weighted by Gasteiger charge is 2.09. The fourth-order valence-electron chi connectivity index (χ4n) is 1.85. The number of hydrogen-bond acceptors (Lipinski definition) is 1. The van der Waals surface area contributed by atoms with Crippen molar-refractivity contribution in [2.75, 3.05) is 10.6 Å². The molecular formula is C15H13BrCl2N2O. The van der Waals surface area contributed by atoms with E-state index in [2.05, 4.69) is 26.6 Å². The van der Waals surface area contributed by atoms with Crippen molar-refractivity contribution < 1.29 is 4.79 Å². The summed E-state index contributed by atoms with van der Waals surface area (Å²) < 4.78 is 0.975. The summed E-state index contributed by atoms with van der Waals surface area (Å²) in [6, 6.07) is 10.2. The third kappa shape index (κ3) is 4.37. The minimum absolute atomic E-state index is 0.365. The maximum Gasteiger partial charge on any atom is 0.323 e. The standard InChI is InChI=1S/C15H13BrCl2N2O/c1-2-9-7-10(16)3-6-13(9)19-15(21)20-14-8-11(17)4-5-12(14)18/h3-8H,2H2,1H3,(H2,19,20,21). The molecule has 2 amide bonds. The van der Waals surface area contributed by atoms with E-state index in [1.54, 1.807) is 18.2 Å². The van der Waals surface area contributed by atoms with Crippen LogP contribution in [-0.2, 0) is 6.42 Å². The number of amides is 2. The van der Waals surface area contributed by atoms with Crippen molar-refractivity contribution in [3.8, 4) is 0 Å². The second-order valence-corrected chi connectivity index (χ2v) is 6.12. The van der Waals surface area contributed by atoms with Gasteiger partial charge in [0.1, 0.15) is 0 Å². The lowest BCUT2D eigenvalue weighted by Gasteiger charge is -2.12. The third-order valence-electron chi connectivity index (χ3n) is 2.87. The Bertz CT molecular complexity index is 677. The summed E-state index contributed by atoms with van der Waals surface area (Å²) >= 11 is 15.3. The molecule has 0 saturated heterocycles. The van der Waals surface area contributed by atoms with Crippen molar-refractivity contribution in [3.05, 3.63) is 56.5 Å². The smallest absolute Gasteiger partial charge is 0.307 e. The molecule has 2 aromatic carbocycles. The second-order valence-electron chi connectivity index (χ2n) is 4.36. The normalized spacial score (nSPS) is 10.3. The van der Waals surface area contributed by atoms with Crippen molar-refractivity contribution in [2.45, 2.75) is 13.3 Å². The molecular weight excluding hydrogens is 375 g/mol. The molecule has 3 nitrogen and oxygen atoms in total. The number of anilines is 2. The fraction of sp³-hybridized carbons (Fsp3) is 0.133. The minimum Gasteiger partial charge on any atom is -0.307 e. The van der Waals surface area contributed by atoms with Crippen molar-refractivity contribution in [1.82, 2.24) is 0 Å². The van der Waals surface area contributed by atoms with Crippen molar-refractivity contribution in [2.24, 2.45) is 0 Å². The van der Waals surface area contributed by atoms with Crippen LogP contribution < -0.4 is 10.6 Å². The van der Waals surface area contributed by atoms with E-state index < -0.39 is 0 Å². The Morgan fingerprint density at radius 2 is 1.81 bits per heavy atom. The van der Waals surface area contributed by atoms with Crippen LogP contribution in [-0.4, -0.2) is 6.03 Å². The van der Waals surface area contributed by atoms with E-state index in [0.717, 1.165) is 22.1 Å². The van der Waals surface area contributed by atoms with Crippen molar-refractivity contribution in [3.63, 3.8) is 0 Å². The van der Waals surface area contributed by atoms with E-state index in [0.29, 0.717) is 15.7 Å². The number of rotatable bonds is 3. The monoisotopic (exact) mass is 386 g/mol. The molecule has 0 aliphatic heterocycles. The summed E-state index contributed by atoms with van der Waals surface area (Å²) in [6.07, 6.45) is 0.812. The number of aryl methyl sites for hydroxylation is 1. The maximum absolute atomic E-state index is 12.1. The van der Waals surface area contributed by atoms with Gasteiger partial charge in [-0.25, -0.2) is 4.79 Å². The minimum atomic E-state index is -0.365. The number of nitrogens with one attached hydrogen (secondary N) is 2. The number of benzene rings is 2. The number of carbonyl (C=O) groups is 1. The van der Waals surface area contributed by atoms with E-state index in [9.17, 15) is 4.79 Å². The molecule has 0 aliphatic carbocycles. The van der Waals surface area contributed by atoms with E-state index in [1.165, 1.54) is 0 Å². The van der Waals surface area contributed by atoms with Gasteiger partial charge in [-0.2, -0.15) is 0 Å². The van der Waals surface area contributed by atoms with Crippen LogP contribution >= 0.6 is 39.1 Å². The van der Waals surface area contributed by atoms with Gasteiger partial charge >= 0.3 is 6.03 Å². The Kier molecular flexibility index (Phi) is 5.51. The molecule has 0 saturated carbocycles. The summed E-state index contributed by atoms with van der Waals surface area (Å²) in [5, 5.41) is 6.44. The summed E-state index contributed by atoms with van der Waals surface area (Å²) in [5.74, 6) is 0. The SMILES string of the molecule is CCc1cc(Br)ccc1NC(=O)Nc1cc(Cl)ccc1Cl. The van der Waals surface area contributed by atoms with Crippen LogP contribution in [0.4, 0.5) is 16.2 Å². The highest BCUT2D eigenvalue weighted by Crippen LogP contribution is 2.26. The predicted octanol–water partition coefficient (Wildman–Crippen LogP) is 5.96. The van der Waals surface area contributed by atoms with Crippen LogP contribution in [0.1, 0.15) is 12.5 Å². The van der Waals surface area contributed by atoms with Crippen LogP contribution in [0.25, 0.3) is 0 Å². The van der Waals surface area contributed by atoms with Crippen LogP contribution in [0.5, 0.6) is 0 Å². The molecule has 0 heterocycles. The molecule has 21 heavy (non-hydrogen) atoms. The molecule has 0 bridgehead atoms. The van der Waals surface area contributed by atoms with E-state index >= 15 is 0 Å². The first kappa shape index (κ1) is 16.1.